The fourth-order valence-electron chi connectivity index (χ4n) is 4.02. The van der Waals surface area contributed by atoms with Gasteiger partial charge in [0.1, 0.15) is 48.8 Å². The third kappa shape index (κ3) is 8.99. The first-order chi connectivity index (χ1) is 17.2. The molecule has 10 atom stereocenters. The van der Waals surface area contributed by atoms with Crippen molar-refractivity contribution in [1.82, 2.24) is 5.32 Å². The largest absolute Gasteiger partial charge is 0.394 e. The molecule has 0 aliphatic carbocycles. The van der Waals surface area contributed by atoms with Crippen LogP contribution >= 0.6 is 12.6 Å². The summed E-state index contributed by atoms with van der Waals surface area (Å²) in [6, 6.07) is 0. The predicted molar refractivity (Wildman–Crippen MR) is 127 cm³/mol. The van der Waals surface area contributed by atoms with Crippen molar-refractivity contribution in [2.75, 3.05) is 32.1 Å². The van der Waals surface area contributed by atoms with Crippen LogP contribution in [0.3, 0.4) is 0 Å². The highest BCUT2D eigenvalue weighted by Crippen LogP contribution is 2.29. The van der Waals surface area contributed by atoms with Gasteiger partial charge in [0.25, 0.3) is 0 Å². The summed E-state index contributed by atoms with van der Waals surface area (Å²) in [4.78, 5) is 11.5. The predicted octanol–water partition coefficient (Wildman–Crippen LogP) is -2.99. The maximum Gasteiger partial charge on any atom is 0.220 e. The lowest BCUT2D eigenvalue weighted by atomic mass is 9.97. The van der Waals surface area contributed by atoms with Gasteiger partial charge in [-0.15, -0.1) is 0 Å². The minimum absolute atomic E-state index is 0.0110. The summed E-state index contributed by atoms with van der Waals surface area (Å²) in [6.45, 7) is -0.486. The Morgan fingerprint density at radius 1 is 0.778 bits per heavy atom. The van der Waals surface area contributed by atoms with Gasteiger partial charge in [-0.1, -0.05) is 12.8 Å². The number of thiol groups is 1. The maximum atomic E-state index is 11.5. The summed E-state index contributed by atoms with van der Waals surface area (Å²) in [5.41, 5.74) is 0. The second kappa shape index (κ2) is 16.4. The minimum atomic E-state index is -1.73. The summed E-state index contributed by atoms with van der Waals surface area (Å²) in [5, 5.41) is 73.0. The number of amides is 1. The Hall–Kier alpha value is -0.620. The van der Waals surface area contributed by atoms with Crippen molar-refractivity contribution in [2.45, 2.75) is 99.9 Å². The average Bonchev–Trinajstić information content (AvgIpc) is 2.87. The van der Waals surface area contributed by atoms with Crippen LogP contribution in [0.5, 0.6) is 0 Å². The average molecular weight is 544 g/mol. The molecule has 0 aromatic rings. The smallest absolute Gasteiger partial charge is 0.220 e. The lowest BCUT2D eigenvalue weighted by molar-refractivity contribution is -0.360. The molecule has 0 bridgehead atoms. The van der Waals surface area contributed by atoms with E-state index in [0.29, 0.717) is 25.1 Å². The van der Waals surface area contributed by atoms with Crippen LogP contribution in [0.25, 0.3) is 0 Å². The second-order valence-corrected chi connectivity index (χ2v) is 9.41. The first kappa shape index (κ1) is 31.6. The van der Waals surface area contributed by atoms with Crippen molar-refractivity contribution in [3.05, 3.63) is 0 Å². The molecule has 0 saturated carbocycles. The van der Waals surface area contributed by atoms with Gasteiger partial charge in [0.05, 0.1) is 13.2 Å². The highest BCUT2D eigenvalue weighted by atomic mass is 32.1. The summed E-state index contributed by atoms with van der Waals surface area (Å²) < 4.78 is 21.9. The third-order valence-electron chi connectivity index (χ3n) is 6.20. The lowest BCUT2D eigenvalue weighted by Gasteiger charge is -2.45. The van der Waals surface area contributed by atoms with Crippen LogP contribution in [0.15, 0.2) is 0 Å². The molecule has 0 radical (unpaired) electrons. The Bertz CT molecular complexity index is 632. The summed E-state index contributed by atoms with van der Waals surface area (Å²) >= 11 is 4.07. The van der Waals surface area contributed by atoms with Crippen molar-refractivity contribution < 1.29 is 59.5 Å². The van der Waals surface area contributed by atoms with E-state index in [0.717, 1.165) is 25.7 Å². The normalized spacial score (nSPS) is 37.1. The molecule has 2 saturated heterocycles. The van der Waals surface area contributed by atoms with Gasteiger partial charge in [-0.05, 0) is 25.0 Å². The first-order valence-corrected chi connectivity index (χ1v) is 13.0. The number of rotatable bonds is 15. The van der Waals surface area contributed by atoms with E-state index in [2.05, 4.69) is 17.9 Å². The van der Waals surface area contributed by atoms with E-state index in [4.69, 9.17) is 18.9 Å². The molecule has 1 amide bonds. The van der Waals surface area contributed by atoms with Crippen LogP contribution in [0.4, 0.5) is 0 Å². The molecule has 0 spiro atoms. The molecule has 2 aliphatic heterocycles. The van der Waals surface area contributed by atoms with Crippen LogP contribution in [-0.4, -0.2) is 135 Å². The number of ether oxygens (including phenoxy) is 4. The summed E-state index contributed by atoms with van der Waals surface area (Å²) in [6.07, 6.45) is -10.5. The third-order valence-corrected chi connectivity index (χ3v) is 6.52. The highest BCUT2D eigenvalue weighted by molar-refractivity contribution is 7.80. The lowest BCUT2D eigenvalue weighted by Crippen LogP contribution is -2.64. The Labute approximate surface area is 215 Å². The van der Waals surface area contributed by atoms with E-state index in [1.165, 1.54) is 0 Å². The van der Waals surface area contributed by atoms with Crippen molar-refractivity contribution in [3.8, 4) is 0 Å². The number of hydrogen-bond donors (Lipinski definition) is 9. The quantitative estimate of drug-likeness (QED) is 0.0749. The van der Waals surface area contributed by atoms with E-state index in [9.17, 15) is 40.5 Å². The fourth-order valence-corrected chi connectivity index (χ4v) is 4.18. The van der Waals surface area contributed by atoms with E-state index >= 15 is 0 Å². The maximum absolute atomic E-state index is 11.5. The van der Waals surface area contributed by atoms with Gasteiger partial charge >= 0.3 is 0 Å². The molecule has 212 valence electrons. The van der Waals surface area contributed by atoms with Gasteiger partial charge in [0.2, 0.25) is 5.91 Å². The number of unbranched alkanes of at least 4 members (excludes halogenated alkanes) is 3. The molecule has 14 heteroatoms. The summed E-state index contributed by atoms with van der Waals surface area (Å²) in [7, 11) is 0. The van der Waals surface area contributed by atoms with Crippen molar-refractivity contribution in [2.24, 2.45) is 0 Å². The minimum Gasteiger partial charge on any atom is -0.394 e. The molecule has 2 rings (SSSR count). The SMILES string of the molecule is O=C(CCCS)NCCCCCCO[C@H]1OC(CO)[C@@H](O)C(O[C@H]2OC(CO)[C@@H](O)C(O)C2O)C1O. The summed E-state index contributed by atoms with van der Waals surface area (Å²) in [5.74, 6) is 0.683. The van der Waals surface area contributed by atoms with E-state index in [1.54, 1.807) is 0 Å². The Morgan fingerprint density at radius 3 is 2.08 bits per heavy atom. The fraction of sp³-hybridized carbons (Fsp3) is 0.955. The van der Waals surface area contributed by atoms with Gasteiger partial charge in [-0.3, -0.25) is 4.79 Å². The Morgan fingerprint density at radius 2 is 1.42 bits per heavy atom. The highest BCUT2D eigenvalue weighted by Gasteiger charge is 2.50. The number of aliphatic hydroxyl groups excluding tert-OH is 7. The van der Waals surface area contributed by atoms with E-state index in [1.807, 2.05) is 0 Å². The molecular formula is C22H41NO12S. The Kier molecular flexibility index (Phi) is 14.4. The van der Waals surface area contributed by atoms with E-state index < -0.39 is 74.6 Å². The van der Waals surface area contributed by atoms with Crippen LogP contribution in [0, 0.1) is 0 Å². The molecule has 2 aliphatic rings. The second-order valence-electron chi connectivity index (χ2n) is 8.97. The van der Waals surface area contributed by atoms with Crippen LogP contribution in [0.1, 0.15) is 38.5 Å². The number of nitrogens with one attached hydrogen (secondary N) is 1. The zero-order chi connectivity index (χ0) is 26.7. The van der Waals surface area contributed by atoms with Gasteiger partial charge in [0.15, 0.2) is 12.6 Å². The van der Waals surface area contributed by atoms with Gasteiger partial charge < -0.3 is 60.0 Å². The molecule has 36 heavy (non-hydrogen) atoms. The monoisotopic (exact) mass is 543 g/mol. The topological polar surface area (TPSA) is 208 Å². The first-order valence-electron chi connectivity index (χ1n) is 12.3. The van der Waals surface area contributed by atoms with Crippen molar-refractivity contribution >= 4 is 18.5 Å². The molecule has 2 fully saturated rings. The molecule has 13 nitrogen and oxygen atoms in total. The standard InChI is InChI=1S/C22H41NO12S/c24-10-12-15(27)17(29)18(30)22(34-12)35-20-16(28)13(11-25)33-21(19(20)31)32-8-4-2-1-3-7-23-14(26)6-5-9-36/h12-13,15-22,24-25,27-31,36H,1-11H2,(H,23,26)/t12?,13?,15-,16-,17?,18?,19?,20?,21+,22-/m1/s1. The van der Waals surface area contributed by atoms with Crippen molar-refractivity contribution in [1.29, 1.82) is 0 Å². The van der Waals surface area contributed by atoms with E-state index in [-0.39, 0.29) is 12.5 Å². The number of carbonyl (C=O) groups is 1. The Balaban J connectivity index is 1.80. The number of hydrogen-bond acceptors (Lipinski definition) is 13. The zero-order valence-electron chi connectivity index (χ0n) is 20.2. The molecule has 8 N–H and O–H groups in total. The van der Waals surface area contributed by atoms with Gasteiger partial charge in [-0.2, -0.15) is 12.6 Å². The van der Waals surface area contributed by atoms with Crippen LogP contribution < -0.4 is 5.32 Å². The van der Waals surface area contributed by atoms with Crippen LogP contribution in [-0.2, 0) is 23.7 Å². The number of aliphatic hydroxyl groups is 7. The molecule has 6 unspecified atom stereocenters. The van der Waals surface area contributed by atoms with Crippen LogP contribution in [0.2, 0.25) is 0 Å². The molecule has 2 heterocycles. The van der Waals surface area contributed by atoms with Gasteiger partial charge in [-0.25, -0.2) is 0 Å². The molecule has 0 aromatic heterocycles. The molecular weight excluding hydrogens is 502 g/mol. The number of carbonyl (C=O) groups excluding carboxylic acids is 1. The van der Waals surface area contributed by atoms with Gasteiger partial charge in [0, 0.05) is 19.6 Å². The van der Waals surface area contributed by atoms with Crippen molar-refractivity contribution in [3.63, 3.8) is 0 Å². The zero-order valence-corrected chi connectivity index (χ0v) is 21.1. The molecule has 0 aromatic carbocycles.